The Kier molecular flexibility index (Phi) is 6.47. The molecule has 32 heavy (non-hydrogen) atoms. The molecule has 0 aliphatic carbocycles. The maximum absolute atomic E-state index is 12.8. The van der Waals surface area contributed by atoms with Gasteiger partial charge in [0.05, 0.1) is 5.92 Å². The molecule has 2 atom stereocenters. The van der Waals surface area contributed by atoms with E-state index >= 15 is 0 Å². The molecule has 13 nitrogen and oxygen atoms in total. The Bertz CT molecular complexity index is 1110. The second kappa shape index (κ2) is 9.24. The summed E-state index contributed by atoms with van der Waals surface area (Å²) in [4.78, 5) is 62.8. The highest BCUT2D eigenvalue weighted by Gasteiger charge is 2.36. The molecule has 1 fully saturated rings. The van der Waals surface area contributed by atoms with E-state index in [0.29, 0.717) is 18.7 Å². The van der Waals surface area contributed by atoms with E-state index in [4.69, 9.17) is 15.9 Å². The van der Waals surface area contributed by atoms with Crippen molar-refractivity contribution in [3.05, 3.63) is 45.9 Å². The molecule has 0 saturated carbocycles. The monoisotopic (exact) mass is 444 g/mol. The van der Waals surface area contributed by atoms with Gasteiger partial charge in [-0.05, 0) is 37.1 Å². The molecule has 13 heteroatoms. The van der Waals surface area contributed by atoms with Crippen molar-refractivity contribution < 1.29 is 29.4 Å². The first-order valence-electron chi connectivity index (χ1n) is 9.56. The molecule has 2 heterocycles. The average Bonchev–Trinajstić information content (AvgIpc) is 3.11. The number of hydrogen-bond donors (Lipinski definition) is 5. The Hall–Kier alpha value is -4.29. The Labute approximate surface area is 180 Å². The second-order valence-corrected chi connectivity index (χ2v) is 7.10. The van der Waals surface area contributed by atoms with Crippen LogP contribution in [0.3, 0.4) is 0 Å². The van der Waals surface area contributed by atoms with Crippen molar-refractivity contribution in [1.29, 1.82) is 0 Å². The third-order valence-electron chi connectivity index (χ3n) is 4.97. The lowest BCUT2D eigenvalue weighted by molar-refractivity contribution is -0.140. The normalized spacial score (nSPS) is 16.6. The van der Waals surface area contributed by atoms with Gasteiger partial charge in [0.2, 0.25) is 11.9 Å². The van der Waals surface area contributed by atoms with Crippen LogP contribution in [0.15, 0.2) is 29.1 Å². The van der Waals surface area contributed by atoms with Crippen molar-refractivity contribution in [1.82, 2.24) is 20.5 Å². The van der Waals surface area contributed by atoms with Crippen LogP contribution in [0, 0.1) is 0 Å². The molecule has 2 amide bonds. The highest BCUT2D eigenvalue weighted by molar-refractivity contribution is 6.01. The second-order valence-electron chi connectivity index (χ2n) is 7.10. The molecule has 1 aromatic heterocycles. The zero-order valence-corrected chi connectivity index (χ0v) is 16.6. The number of aromatic nitrogens is 3. The zero-order valence-electron chi connectivity index (χ0n) is 16.6. The SMILES string of the molecule is Nc1nnc(C2CCN(c3ccc(C(=O)N[C@@H](CCC(=O)O)C(=O)O)cc3)C2=O)c(=O)[nH]1. The largest absolute Gasteiger partial charge is 0.481 e. The highest BCUT2D eigenvalue weighted by atomic mass is 16.4. The van der Waals surface area contributed by atoms with Gasteiger partial charge in [-0.1, -0.05) is 0 Å². The molecule has 3 rings (SSSR count). The van der Waals surface area contributed by atoms with Gasteiger partial charge in [-0.2, -0.15) is 0 Å². The van der Waals surface area contributed by atoms with Gasteiger partial charge < -0.3 is 26.2 Å². The number of anilines is 2. The summed E-state index contributed by atoms with van der Waals surface area (Å²) in [6, 6.07) is 4.51. The number of nitrogens with zero attached hydrogens (tertiary/aromatic N) is 3. The lowest BCUT2D eigenvalue weighted by Gasteiger charge is -2.17. The van der Waals surface area contributed by atoms with Crippen LogP contribution < -0.4 is 21.5 Å². The molecule has 168 valence electrons. The number of H-pyrrole nitrogens is 1. The van der Waals surface area contributed by atoms with E-state index in [1.165, 1.54) is 29.2 Å². The fourth-order valence-electron chi connectivity index (χ4n) is 3.34. The number of carboxylic acids is 2. The van der Waals surface area contributed by atoms with Crippen LogP contribution in [0.1, 0.15) is 41.2 Å². The maximum Gasteiger partial charge on any atom is 0.326 e. The predicted molar refractivity (Wildman–Crippen MR) is 109 cm³/mol. The number of amides is 2. The molecular formula is C19H20N6O7. The van der Waals surface area contributed by atoms with Crippen LogP contribution in [0.2, 0.25) is 0 Å². The number of hydrogen-bond acceptors (Lipinski definition) is 8. The molecule has 1 aliphatic heterocycles. The zero-order chi connectivity index (χ0) is 23.4. The van der Waals surface area contributed by atoms with Crippen molar-refractivity contribution in [3.63, 3.8) is 0 Å². The number of nitrogens with two attached hydrogens (primary N) is 1. The van der Waals surface area contributed by atoms with Gasteiger partial charge in [-0.25, -0.2) is 4.79 Å². The van der Waals surface area contributed by atoms with Crippen LogP contribution >= 0.6 is 0 Å². The summed E-state index contributed by atoms with van der Waals surface area (Å²) in [6.07, 6.45) is -0.326. The van der Waals surface area contributed by atoms with Crippen LogP contribution in [0.4, 0.5) is 11.6 Å². The molecule has 0 radical (unpaired) electrons. The van der Waals surface area contributed by atoms with E-state index < -0.39 is 41.8 Å². The summed E-state index contributed by atoms with van der Waals surface area (Å²) in [5.74, 6) is -4.49. The summed E-state index contributed by atoms with van der Waals surface area (Å²) < 4.78 is 0. The van der Waals surface area contributed by atoms with E-state index in [0.717, 1.165) is 0 Å². The number of nitrogens with one attached hydrogen (secondary N) is 2. The third-order valence-corrected chi connectivity index (χ3v) is 4.97. The number of carbonyl (C=O) groups excluding carboxylic acids is 2. The van der Waals surface area contributed by atoms with Crippen molar-refractivity contribution in [2.75, 3.05) is 17.2 Å². The minimum absolute atomic E-state index is 0.0243. The first-order chi connectivity index (χ1) is 15.2. The molecule has 1 saturated heterocycles. The molecule has 0 spiro atoms. The summed E-state index contributed by atoms with van der Waals surface area (Å²) in [6.45, 7) is 0.316. The van der Waals surface area contributed by atoms with Crippen LogP contribution in [-0.4, -0.2) is 61.7 Å². The lowest BCUT2D eigenvalue weighted by atomic mass is 10.0. The van der Waals surface area contributed by atoms with Crippen LogP contribution in [0.5, 0.6) is 0 Å². The number of aromatic amines is 1. The summed E-state index contributed by atoms with van der Waals surface area (Å²) in [7, 11) is 0. The van der Waals surface area contributed by atoms with Gasteiger partial charge in [-0.15, -0.1) is 10.2 Å². The summed E-state index contributed by atoms with van der Waals surface area (Å²) in [5.41, 5.74) is 5.39. The summed E-state index contributed by atoms with van der Waals surface area (Å²) in [5, 5.41) is 27.5. The van der Waals surface area contributed by atoms with Crippen molar-refractivity contribution in [2.24, 2.45) is 0 Å². The topological polar surface area (TPSA) is 209 Å². The lowest BCUT2D eigenvalue weighted by Crippen LogP contribution is -2.41. The Morgan fingerprint density at radius 2 is 1.88 bits per heavy atom. The third kappa shape index (κ3) is 4.88. The smallest absolute Gasteiger partial charge is 0.326 e. The Morgan fingerprint density at radius 1 is 1.19 bits per heavy atom. The molecule has 2 aromatic rings. The molecule has 6 N–H and O–H groups in total. The fraction of sp³-hybridized carbons (Fsp3) is 0.316. The molecule has 1 aromatic carbocycles. The van der Waals surface area contributed by atoms with E-state index in [1.807, 2.05) is 0 Å². The van der Waals surface area contributed by atoms with Gasteiger partial charge in [0.1, 0.15) is 11.7 Å². The average molecular weight is 444 g/mol. The number of nitrogen functional groups attached to an aromatic ring is 1. The van der Waals surface area contributed by atoms with Crippen molar-refractivity contribution >= 4 is 35.4 Å². The van der Waals surface area contributed by atoms with E-state index in [1.54, 1.807) is 0 Å². The number of carboxylic acid groups (broad SMARTS) is 2. The molecule has 0 bridgehead atoms. The minimum atomic E-state index is -1.35. The maximum atomic E-state index is 12.8. The summed E-state index contributed by atoms with van der Waals surface area (Å²) >= 11 is 0. The Morgan fingerprint density at radius 3 is 2.47 bits per heavy atom. The van der Waals surface area contributed by atoms with Crippen molar-refractivity contribution in [2.45, 2.75) is 31.2 Å². The van der Waals surface area contributed by atoms with E-state index in [-0.39, 0.29) is 29.5 Å². The molecule has 1 aliphatic rings. The first kappa shape index (κ1) is 22.4. The quantitative estimate of drug-likeness (QED) is 0.346. The standard InChI is InChI=1S/C19H20N6O7/c20-19-22-16(29)14(23-24-19)11-7-8-25(17(11)30)10-3-1-9(2-4-10)15(28)21-12(18(31)32)5-6-13(26)27/h1-4,11-12H,5-8H2,(H,21,28)(H,26,27)(H,31,32)(H3,20,22,24,29)/t11?,12-/m0/s1. The highest BCUT2D eigenvalue weighted by Crippen LogP contribution is 2.30. The molecule has 1 unspecified atom stereocenters. The van der Waals surface area contributed by atoms with Gasteiger partial charge in [0.15, 0.2) is 0 Å². The minimum Gasteiger partial charge on any atom is -0.481 e. The number of rotatable bonds is 8. The van der Waals surface area contributed by atoms with E-state index in [9.17, 15) is 24.0 Å². The van der Waals surface area contributed by atoms with Gasteiger partial charge in [-0.3, -0.25) is 24.2 Å². The number of benzene rings is 1. The Balaban J connectivity index is 1.69. The van der Waals surface area contributed by atoms with E-state index in [2.05, 4.69) is 20.5 Å². The van der Waals surface area contributed by atoms with Crippen LogP contribution in [-0.2, 0) is 14.4 Å². The van der Waals surface area contributed by atoms with Gasteiger partial charge in [0, 0.05) is 24.2 Å². The number of aliphatic carboxylic acids is 2. The van der Waals surface area contributed by atoms with Gasteiger partial charge in [0.25, 0.3) is 11.5 Å². The number of carbonyl (C=O) groups is 4. The van der Waals surface area contributed by atoms with Gasteiger partial charge >= 0.3 is 11.9 Å². The van der Waals surface area contributed by atoms with Crippen molar-refractivity contribution in [3.8, 4) is 0 Å². The fourth-order valence-corrected chi connectivity index (χ4v) is 3.34. The predicted octanol–water partition coefficient (Wildman–Crippen LogP) is -0.685. The van der Waals surface area contributed by atoms with Crippen LogP contribution in [0.25, 0.3) is 0 Å². The first-order valence-corrected chi connectivity index (χ1v) is 9.56. The molecular weight excluding hydrogens is 424 g/mol.